The molecule has 0 amide bonds. The van der Waals surface area contributed by atoms with Crippen molar-refractivity contribution in [1.82, 2.24) is 4.98 Å². The quantitative estimate of drug-likeness (QED) is 0.663. The van der Waals surface area contributed by atoms with Crippen LogP contribution >= 0.6 is 0 Å². The fourth-order valence-corrected chi connectivity index (χ4v) is 1.27. The van der Waals surface area contributed by atoms with Crippen molar-refractivity contribution >= 4 is 5.97 Å². The van der Waals surface area contributed by atoms with Crippen molar-refractivity contribution in [2.24, 2.45) is 0 Å². The van der Waals surface area contributed by atoms with Gasteiger partial charge >= 0.3 is 12.1 Å². The number of ether oxygens (including phenoxy) is 1. The molecule has 1 aromatic heterocycles. The minimum atomic E-state index is -4.55. The molecule has 0 aliphatic carbocycles. The first-order valence-electron chi connectivity index (χ1n) is 5.74. The molecule has 0 radical (unpaired) electrons. The highest BCUT2D eigenvalue weighted by atomic mass is 19.4. The van der Waals surface area contributed by atoms with Crippen LogP contribution in [0.25, 0.3) is 0 Å². The van der Waals surface area contributed by atoms with Crippen molar-refractivity contribution in [2.45, 2.75) is 32.0 Å². The Hall–Kier alpha value is -1.63. The Morgan fingerprint density at radius 2 is 2.16 bits per heavy atom. The van der Waals surface area contributed by atoms with E-state index >= 15 is 0 Å². The van der Waals surface area contributed by atoms with Crippen molar-refractivity contribution < 1.29 is 27.8 Å². The van der Waals surface area contributed by atoms with Crippen LogP contribution in [-0.2, 0) is 15.7 Å². The number of aliphatic hydroxyl groups is 1. The lowest BCUT2D eigenvalue weighted by Gasteiger charge is -2.11. The number of hydrogen-bond donors (Lipinski definition) is 1. The Morgan fingerprint density at radius 1 is 1.47 bits per heavy atom. The van der Waals surface area contributed by atoms with Crippen LogP contribution in [0, 0.1) is 0 Å². The normalized spacial score (nSPS) is 13.1. The van der Waals surface area contributed by atoms with E-state index in [0.717, 1.165) is 18.7 Å². The highest BCUT2D eigenvalue weighted by molar-refractivity contribution is 5.76. The standard InChI is InChI=1S/C12H14F3NO3/c1-2-3-6-19-11(18)10(17)8-4-5-9(16-7-8)12(13,14)15/h4-5,7,10,17H,2-3,6H2,1H3. The van der Waals surface area contributed by atoms with Gasteiger partial charge in [-0.2, -0.15) is 13.2 Å². The lowest BCUT2D eigenvalue weighted by Crippen LogP contribution is -2.17. The van der Waals surface area contributed by atoms with Gasteiger partial charge in [-0.25, -0.2) is 4.79 Å². The fraction of sp³-hybridized carbons (Fsp3) is 0.500. The van der Waals surface area contributed by atoms with Crippen LogP contribution in [0.1, 0.15) is 37.1 Å². The summed E-state index contributed by atoms with van der Waals surface area (Å²) < 4.78 is 41.6. The maximum absolute atomic E-state index is 12.3. The molecule has 0 spiro atoms. The molecule has 7 heteroatoms. The first-order chi connectivity index (χ1) is 8.86. The lowest BCUT2D eigenvalue weighted by atomic mass is 10.1. The van der Waals surface area contributed by atoms with Gasteiger partial charge in [0.15, 0.2) is 6.10 Å². The predicted octanol–water partition coefficient (Wildman–Crippen LogP) is 2.48. The van der Waals surface area contributed by atoms with E-state index in [1.165, 1.54) is 0 Å². The summed E-state index contributed by atoms with van der Waals surface area (Å²) in [5.41, 5.74) is -1.11. The second-order valence-corrected chi connectivity index (χ2v) is 3.90. The highest BCUT2D eigenvalue weighted by Gasteiger charge is 2.32. The summed E-state index contributed by atoms with van der Waals surface area (Å²) in [7, 11) is 0. The van der Waals surface area contributed by atoms with Gasteiger partial charge in [-0.1, -0.05) is 19.4 Å². The number of hydrogen-bond acceptors (Lipinski definition) is 4. The minimum Gasteiger partial charge on any atom is -0.464 e. The molecule has 1 N–H and O–H groups in total. The summed E-state index contributed by atoms with van der Waals surface area (Å²) in [6, 6.07) is 1.71. The largest absolute Gasteiger partial charge is 0.464 e. The van der Waals surface area contributed by atoms with Gasteiger partial charge in [-0.15, -0.1) is 0 Å². The van der Waals surface area contributed by atoms with Gasteiger partial charge in [0.25, 0.3) is 0 Å². The van der Waals surface area contributed by atoms with Crippen LogP contribution in [-0.4, -0.2) is 22.7 Å². The molecule has 0 saturated carbocycles. The summed E-state index contributed by atoms with van der Waals surface area (Å²) >= 11 is 0. The monoisotopic (exact) mass is 277 g/mol. The number of alkyl halides is 3. The molecule has 0 aliphatic heterocycles. The summed E-state index contributed by atoms with van der Waals surface area (Å²) in [6.45, 7) is 2.07. The summed E-state index contributed by atoms with van der Waals surface area (Å²) in [4.78, 5) is 14.5. The first kappa shape index (κ1) is 15.4. The van der Waals surface area contributed by atoms with Crippen molar-refractivity contribution in [1.29, 1.82) is 0 Å². The van der Waals surface area contributed by atoms with Gasteiger partial charge in [0.05, 0.1) is 6.61 Å². The minimum absolute atomic E-state index is 0.0329. The molecule has 0 fully saturated rings. The number of aliphatic hydroxyl groups excluding tert-OH is 1. The number of carbonyl (C=O) groups is 1. The number of nitrogens with zero attached hydrogens (tertiary/aromatic N) is 1. The predicted molar refractivity (Wildman–Crippen MR) is 60.1 cm³/mol. The molecule has 4 nitrogen and oxygen atoms in total. The first-order valence-corrected chi connectivity index (χ1v) is 5.74. The Bertz CT molecular complexity index is 417. The Morgan fingerprint density at radius 3 is 2.63 bits per heavy atom. The van der Waals surface area contributed by atoms with Crippen LogP contribution < -0.4 is 0 Å². The SMILES string of the molecule is CCCCOC(=O)C(O)c1ccc(C(F)(F)F)nc1. The van der Waals surface area contributed by atoms with E-state index in [-0.39, 0.29) is 12.2 Å². The van der Waals surface area contributed by atoms with Crippen LogP contribution in [0.2, 0.25) is 0 Å². The number of aromatic nitrogens is 1. The average molecular weight is 277 g/mol. The van der Waals surface area contributed by atoms with Gasteiger partial charge in [0.2, 0.25) is 0 Å². The Balaban J connectivity index is 2.67. The number of halogens is 3. The molecule has 19 heavy (non-hydrogen) atoms. The van der Waals surface area contributed by atoms with Crippen molar-refractivity contribution in [2.75, 3.05) is 6.61 Å². The van der Waals surface area contributed by atoms with Crippen molar-refractivity contribution in [3.8, 4) is 0 Å². The topological polar surface area (TPSA) is 59.4 Å². The summed E-state index contributed by atoms with van der Waals surface area (Å²) in [5, 5.41) is 9.59. The number of carbonyl (C=O) groups excluding carboxylic acids is 1. The Labute approximate surface area is 108 Å². The number of esters is 1. The lowest BCUT2D eigenvalue weighted by molar-refractivity contribution is -0.154. The van der Waals surface area contributed by atoms with E-state index in [4.69, 9.17) is 4.74 Å². The van der Waals surface area contributed by atoms with Crippen LogP contribution in [0.5, 0.6) is 0 Å². The zero-order chi connectivity index (χ0) is 14.5. The highest BCUT2D eigenvalue weighted by Crippen LogP contribution is 2.28. The molecule has 0 aromatic carbocycles. The molecule has 0 aliphatic rings. The van der Waals surface area contributed by atoms with Gasteiger partial charge in [-0.05, 0) is 12.5 Å². The van der Waals surface area contributed by atoms with Crippen molar-refractivity contribution in [3.05, 3.63) is 29.6 Å². The molecular formula is C12H14F3NO3. The molecule has 1 unspecified atom stereocenters. The third kappa shape index (κ3) is 4.51. The molecule has 1 heterocycles. The maximum atomic E-state index is 12.3. The van der Waals surface area contributed by atoms with Gasteiger partial charge < -0.3 is 9.84 Å². The van der Waals surface area contributed by atoms with Gasteiger partial charge in [0.1, 0.15) is 5.69 Å². The summed E-state index contributed by atoms with van der Waals surface area (Å²) in [5.74, 6) is -0.894. The fourth-order valence-electron chi connectivity index (χ4n) is 1.27. The molecule has 0 bridgehead atoms. The molecule has 0 saturated heterocycles. The van der Waals surface area contributed by atoms with Gasteiger partial charge in [0, 0.05) is 11.8 Å². The third-order valence-corrected chi connectivity index (χ3v) is 2.36. The maximum Gasteiger partial charge on any atom is 0.433 e. The van der Waals surface area contributed by atoms with Crippen LogP contribution in [0.4, 0.5) is 13.2 Å². The van der Waals surface area contributed by atoms with Crippen molar-refractivity contribution in [3.63, 3.8) is 0 Å². The number of unbranched alkanes of at least 4 members (excludes halogenated alkanes) is 1. The number of pyridine rings is 1. The van der Waals surface area contributed by atoms with Gasteiger partial charge in [-0.3, -0.25) is 4.98 Å². The smallest absolute Gasteiger partial charge is 0.433 e. The number of rotatable bonds is 5. The van der Waals surface area contributed by atoms with E-state index in [1.54, 1.807) is 0 Å². The zero-order valence-corrected chi connectivity index (χ0v) is 10.3. The second-order valence-electron chi connectivity index (χ2n) is 3.90. The molecular weight excluding hydrogens is 263 g/mol. The molecule has 1 atom stereocenters. The van der Waals surface area contributed by atoms with Crippen LogP contribution in [0.15, 0.2) is 18.3 Å². The van der Waals surface area contributed by atoms with E-state index < -0.39 is 23.9 Å². The molecule has 1 rings (SSSR count). The molecule has 106 valence electrons. The zero-order valence-electron chi connectivity index (χ0n) is 10.3. The van der Waals surface area contributed by atoms with E-state index in [1.807, 2.05) is 6.92 Å². The van der Waals surface area contributed by atoms with E-state index in [2.05, 4.69) is 4.98 Å². The van der Waals surface area contributed by atoms with E-state index in [9.17, 15) is 23.1 Å². The average Bonchev–Trinajstić information content (AvgIpc) is 2.37. The second kappa shape index (κ2) is 6.51. The van der Waals surface area contributed by atoms with E-state index in [0.29, 0.717) is 12.5 Å². The van der Waals surface area contributed by atoms with Crippen LogP contribution in [0.3, 0.4) is 0 Å². The third-order valence-electron chi connectivity index (χ3n) is 2.36. The Kier molecular flexibility index (Phi) is 5.29. The summed E-state index contributed by atoms with van der Waals surface area (Å²) in [6.07, 6.45) is -3.87. The molecule has 1 aromatic rings.